The van der Waals surface area contributed by atoms with Crippen LogP contribution in [0.2, 0.25) is 0 Å². The highest BCUT2D eigenvalue weighted by molar-refractivity contribution is 5.70. The molecule has 4 heteroatoms. The minimum atomic E-state index is -0.799. The predicted molar refractivity (Wildman–Crippen MR) is 71.9 cm³/mol. The topological polar surface area (TPSA) is 66.8 Å². The van der Waals surface area contributed by atoms with E-state index in [9.17, 15) is 9.90 Å². The van der Waals surface area contributed by atoms with E-state index in [-0.39, 0.29) is 12.0 Å². The van der Waals surface area contributed by atoms with Crippen LogP contribution in [-0.4, -0.2) is 34.5 Å². The lowest BCUT2D eigenvalue weighted by atomic mass is 9.79. The summed E-state index contributed by atoms with van der Waals surface area (Å²) in [5.74, 6) is -0.296. The smallest absolute Gasteiger partial charge is 0.306 e. The molecule has 0 aliphatic heterocycles. The van der Waals surface area contributed by atoms with Crippen molar-refractivity contribution in [2.45, 2.75) is 70.0 Å². The lowest BCUT2D eigenvalue weighted by molar-refractivity contribution is -0.147. The molecule has 0 amide bonds. The highest BCUT2D eigenvalue weighted by Crippen LogP contribution is 2.34. The Kier molecular flexibility index (Phi) is 4.85. The SMILES string of the molecule is CC1CCCC(OCC2(O)CCC(C(=O)O)CC2)C1. The number of carboxylic acids is 1. The third kappa shape index (κ3) is 4.18. The molecule has 4 nitrogen and oxygen atoms in total. The van der Waals surface area contributed by atoms with Crippen molar-refractivity contribution in [1.29, 1.82) is 0 Å². The van der Waals surface area contributed by atoms with Crippen molar-refractivity contribution in [2.75, 3.05) is 6.61 Å². The van der Waals surface area contributed by atoms with Gasteiger partial charge in [-0.2, -0.15) is 0 Å². The van der Waals surface area contributed by atoms with E-state index in [1.54, 1.807) is 0 Å². The molecule has 0 spiro atoms. The van der Waals surface area contributed by atoms with E-state index in [0.717, 1.165) is 18.8 Å². The van der Waals surface area contributed by atoms with Crippen LogP contribution in [0.5, 0.6) is 0 Å². The molecule has 2 aliphatic carbocycles. The summed E-state index contributed by atoms with van der Waals surface area (Å²) in [4.78, 5) is 10.9. The molecule has 2 aliphatic rings. The van der Waals surface area contributed by atoms with E-state index in [1.807, 2.05) is 0 Å². The van der Waals surface area contributed by atoms with E-state index in [0.29, 0.717) is 32.3 Å². The summed E-state index contributed by atoms with van der Waals surface area (Å²) in [5, 5.41) is 19.4. The van der Waals surface area contributed by atoms with E-state index in [1.165, 1.54) is 12.8 Å². The van der Waals surface area contributed by atoms with Gasteiger partial charge in [-0.15, -0.1) is 0 Å². The summed E-state index contributed by atoms with van der Waals surface area (Å²) in [6.07, 6.45) is 7.19. The van der Waals surface area contributed by atoms with Crippen LogP contribution in [0, 0.1) is 11.8 Å². The van der Waals surface area contributed by atoms with Crippen molar-refractivity contribution < 1.29 is 19.7 Å². The summed E-state index contributed by atoms with van der Waals surface area (Å²) in [5.41, 5.74) is -0.799. The average molecular weight is 270 g/mol. The minimum Gasteiger partial charge on any atom is -0.481 e. The first-order valence-corrected chi connectivity index (χ1v) is 7.55. The maximum atomic E-state index is 10.9. The minimum absolute atomic E-state index is 0.282. The fourth-order valence-corrected chi connectivity index (χ4v) is 3.35. The number of aliphatic carboxylic acids is 1. The zero-order valence-corrected chi connectivity index (χ0v) is 11.8. The Balaban J connectivity index is 1.74. The average Bonchev–Trinajstić information content (AvgIpc) is 2.37. The number of aliphatic hydroxyl groups is 1. The first-order valence-electron chi connectivity index (χ1n) is 7.55. The highest BCUT2D eigenvalue weighted by atomic mass is 16.5. The van der Waals surface area contributed by atoms with E-state index in [4.69, 9.17) is 9.84 Å². The Morgan fingerprint density at radius 2 is 1.95 bits per heavy atom. The fraction of sp³-hybridized carbons (Fsp3) is 0.933. The van der Waals surface area contributed by atoms with E-state index in [2.05, 4.69) is 6.92 Å². The number of hydrogen-bond acceptors (Lipinski definition) is 3. The first kappa shape index (κ1) is 14.8. The molecule has 0 aromatic rings. The number of hydrogen-bond donors (Lipinski definition) is 2. The molecule has 0 heterocycles. The molecule has 2 atom stereocenters. The third-order valence-electron chi connectivity index (χ3n) is 4.74. The normalized spacial score (nSPS) is 40.0. The Hall–Kier alpha value is -0.610. The van der Waals surface area contributed by atoms with Crippen LogP contribution in [0.15, 0.2) is 0 Å². The van der Waals surface area contributed by atoms with Crippen LogP contribution in [0.25, 0.3) is 0 Å². The molecule has 0 aromatic carbocycles. The van der Waals surface area contributed by atoms with Crippen molar-refractivity contribution in [3.05, 3.63) is 0 Å². The maximum absolute atomic E-state index is 10.9. The summed E-state index contributed by atoms with van der Waals surface area (Å²) in [6.45, 7) is 2.62. The third-order valence-corrected chi connectivity index (χ3v) is 4.74. The second kappa shape index (κ2) is 6.23. The molecule has 0 bridgehead atoms. The zero-order valence-electron chi connectivity index (χ0n) is 11.8. The molecular formula is C15H26O4. The highest BCUT2D eigenvalue weighted by Gasteiger charge is 2.36. The first-order chi connectivity index (χ1) is 8.98. The summed E-state index contributed by atoms with van der Waals surface area (Å²) in [7, 11) is 0. The van der Waals surface area contributed by atoms with Crippen LogP contribution < -0.4 is 0 Å². The Morgan fingerprint density at radius 1 is 1.26 bits per heavy atom. The molecule has 2 saturated carbocycles. The van der Waals surface area contributed by atoms with Crippen molar-refractivity contribution >= 4 is 5.97 Å². The molecule has 19 heavy (non-hydrogen) atoms. The lowest BCUT2D eigenvalue weighted by Gasteiger charge is -2.36. The van der Waals surface area contributed by atoms with Crippen LogP contribution in [-0.2, 0) is 9.53 Å². The van der Waals surface area contributed by atoms with Gasteiger partial charge in [-0.3, -0.25) is 4.79 Å². The lowest BCUT2D eigenvalue weighted by Crippen LogP contribution is -2.41. The van der Waals surface area contributed by atoms with Gasteiger partial charge in [0.05, 0.1) is 24.2 Å². The monoisotopic (exact) mass is 270 g/mol. The maximum Gasteiger partial charge on any atom is 0.306 e. The Morgan fingerprint density at radius 3 is 2.53 bits per heavy atom. The number of carbonyl (C=O) groups is 1. The van der Waals surface area contributed by atoms with Gasteiger partial charge in [-0.1, -0.05) is 19.8 Å². The molecule has 2 fully saturated rings. The van der Waals surface area contributed by atoms with Gasteiger partial charge in [0.25, 0.3) is 0 Å². The molecule has 2 unspecified atom stereocenters. The summed E-state index contributed by atoms with van der Waals surface area (Å²) >= 11 is 0. The van der Waals surface area contributed by atoms with Crippen molar-refractivity contribution in [1.82, 2.24) is 0 Å². The van der Waals surface area contributed by atoms with Gasteiger partial charge in [0.1, 0.15) is 0 Å². The van der Waals surface area contributed by atoms with Crippen LogP contribution in [0.1, 0.15) is 58.3 Å². The van der Waals surface area contributed by atoms with Crippen molar-refractivity contribution in [3.63, 3.8) is 0 Å². The molecule has 0 saturated heterocycles. The van der Waals surface area contributed by atoms with Gasteiger partial charge in [-0.25, -0.2) is 0 Å². The molecule has 110 valence electrons. The van der Waals surface area contributed by atoms with Gasteiger partial charge >= 0.3 is 5.97 Å². The zero-order chi connectivity index (χ0) is 13.9. The van der Waals surface area contributed by atoms with Gasteiger partial charge < -0.3 is 14.9 Å². The van der Waals surface area contributed by atoms with Crippen LogP contribution >= 0.6 is 0 Å². The standard InChI is InChI=1S/C15H26O4/c1-11-3-2-4-13(9-11)19-10-15(18)7-5-12(6-8-15)14(16)17/h11-13,18H,2-10H2,1H3,(H,16,17). The number of ether oxygens (including phenoxy) is 1. The Labute approximate surface area is 115 Å². The number of rotatable bonds is 4. The van der Waals surface area contributed by atoms with Gasteiger partial charge in [0.15, 0.2) is 0 Å². The van der Waals surface area contributed by atoms with Crippen molar-refractivity contribution in [2.24, 2.45) is 11.8 Å². The second-order valence-corrected chi connectivity index (χ2v) is 6.54. The van der Waals surface area contributed by atoms with Gasteiger partial charge in [0, 0.05) is 0 Å². The molecule has 2 rings (SSSR count). The number of carboxylic acid groups (broad SMARTS) is 1. The Bertz CT molecular complexity index is 307. The van der Waals surface area contributed by atoms with Gasteiger partial charge in [0.2, 0.25) is 0 Å². The fourth-order valence-electron chi connectivity index (χ4n) is 3.35. The quantitative estimate of drug-likeness (QED) is 0.824. The largest absolute Gasteiger partial charge is 0.481 e. The van der Waals surface area contributed by atoms with Crippen molar-refractivity contribution in [3.8, 4) is 0 Å². The van der Waals surface area contributed by atoms with E-state index >= 15 is 0 Å². The van der Waals surface area contributed by atoms with Gasteiger partial charge in [-0.05, 0) is 44.4 Å². The summed E-state index contributed by atoms with van der Waals surface area (Å²) in [6, 6.07) is 0. The molecular weight excluding hydrogens is 244 g/mol. The second-order valence-electron chi connectivity index (χ2n) is 6.54. The molecule has 2 N–H and O–H groups in total. The summed E-state index contributed by atoms with van der Waals surface area (Å²) < 4.78 is 5.89. The van der Waals surface area contributed by atoms with E-state index < -0.39 is 11.6 Å². The molecule has 0 aromatic heterocycles. The van der Waals surface area contributed by atoms with Crippen LogP contribution in [0.3, 0.4) is 0 Å². The molecule has 0 radical (unpaired) electrons. The van der Waals surface area contributed by atoms with Crippen LogP contribution in [0.4, 0.5) is 0 Å². The predicted octanol–water partition coefficient (Wildman–Crippen LogP) is 2.59.